The molecule has 0 unspecified atom stereocenters. The third-order valence-electron chi connectivity index (χ3n) is 3.46. The smallest absolute Gasteiger partial charge is 0.135 e. The van der Waals surface area contributed by atoms with Crippen LogP contribution in [0.25, 0.3) is 0 Å². The van der Waals surface area contributed by atoms with E-state index < -0.39 is 0 Å². The zero-order chi connectivity index (χ0) is 12.5. The lowest BCUT2D eigenvalue weighted by Gasteiger charge is -2.36. The van der Waals surface area contributed by atoms with E-state index in [-0.39, 0.29) is 16.3 Å². The van der Waals surface area contributed by atoms with Gasteiger partial charge in [-0.2, -0.15) is 0 Å². The van der Waals surface area contributed by atoms with Gasteiger partial charge in [0, 0.05) is 5.54 Å². The fraction of sp³-hybridized carbons (Fsp3) is 0.538. The fourth-order valence-corrected chi connectivity index (χ4v) is 2.79. The van der Waals surface area contributed by atoms with E-state index in [0.717, 1.165) is 18.5 Å². The minimum absolute atomic E-state index is 0.0241. The Bertz CT molecular complexity index is 414. The molecule has 2 N–H and O–H groups in total. The topological polar surface area (TPSA) is 32.3 Å². The van der Waals surface area contributed by atoms with Crippen LogP contribution in [0.1, 0.15) is 39.0 Å². The number of hydrogen-bond donors (Lipinski definition) is 2. The van der Waals surface area contributed by atoms with Crippen LogP contribution in [0.3, 0.4) is 0 Å². The summed E-state index contributed by atoms with van der Waals surface area (Å²) in [4.78, 5) is 0. The molecule has 2 nitrogen and oxygen atoms in total. The van der Waals surface area contributed by atoms with Crippen LogP contribution in [0.15, 0.2) is 12.1 Å². The summed E-state index contributed by atoms with van der Waals surface area (Å²) in [7, 11) is 0. The molecule has 0 saturated heterocycles. The molecule has 0 heterocycles. The first kappa shape index (κ1) is 12.8. The molecule has 94 valence electrons. The molecule has 17 heavy (non-hydrogen) atoms. The Morgan fingerprint density at radius 3 is 2.41 bits per heavy atom. The lowest BCUT2D eigenvalue weighted by molar-refractivity contribution is 0.349. The molecule has 0 atom stereocenters. The average molecular weight is 274 g/mol. The minimum Gasteiger partial charge on any atom is -0.506 e. The third-order valence-corrected chi connectivity index (χ3v) is 4.33. The number of benzene rings is 1. The highest BCUT2D eigenvalue weighted by molar-refractivity contribution is 6.44. The maximum Gasteiger partial charge on any atom is 0.135 e. The molecule has 0 spiro atoms. The molecule has 0 radical (unpaired) electrons. The Kier molecular flexibility index (Phi) is 3.74. The van der Waals surface area contributed by atoms with Crippen LogP contribution < -0.4 is 5.32 Å². The van der Waals surface area contributed by atoms with Crippen molar-refractivity contribution in [2.75, 3.05) is 5.32 Å². The van der Waals surface area contributed by atoms with Gasteiger partial charge in [0.05, 0.1) is 10.7 Å². The van der Waals surface area contributed by atoms with Crippen molar-refractivity contribution in [3.63, 3.8) is 0 Å². The number of rotatable bonds is 2. The normalized spacial score (nSPS) is 19.0. The van der Waals surface area contributed by atoms with E-state index in [0.29, 0.717) is 5.02 Å². The van der Waals surface area contributed by atoms with Crippen molar-refractivity contribution in [2.24, 2.45) is 0 Å². The lowest BCUT2D eigenvalue weighted by Crippen LogP contribution is -2.36. The summed E-state index contributed by atoms with van der Waals surface area (Å²) in [5, 5.41) is 13.5. The Morgan fingerprint density at radius 2 is 1.76 bits per heavy atom. The van der Waals surface area contributed by atoms with Crippen LogP contribution in [-0.2, 0) is 0 Å². The SMILES string of the molecule is CC1(Nc2ccc(O)c(Cl)c2Cl)CCCCC1. The summed E-state index contributed by atoms with van der Waals surface area (Å²) in [5.74, 6) is 0.0241. The van der Waals surface area contributed by atoms with Crippen LogP contribution in [0.2, 0.25) is 10.0 Å². The Balaban J connectivity index is 2.21. The summed E-state index contributed by atoms with van der Waals surface area (Å²) in [6.45, 7) is 2.21. The van der Waals surface area contributed by atoms with Crippen molar-refractivity contribution in [3.05, 3.63) is 22.2 Å². The lowest BCUT2D eigenvalue weighted by atomic mass is 9.83. The van der Waals surface area contributed by atoms with Crippen LogP contribution in [0.4, 0.5) is 5.69 Å². The molecule has 1 aliphatic carbocycles. The Hall–Kier alpha value is -0.600. The molecule has 2 rings (SSSR count). The van der Waals surface area contributed by atoms with Crippen LogP contribution in [-0.4, -0.2) is 10.6 Å². The Morgan fingerprint density at radius 1 is 1.12 bits per heavy atom. The van der Waals surface area contributed by atoms with Crippen molar-refractivity contribution in [1.29, 1.82) is 0 Å². The summed E-state index contributed by atoms with van der Waals surface area (Å²) < 4.78 is 0. The maximum absolute atomic E-state index is 9.45. The monoisotopic (exact) mass is 273 g/mol. The van der Waals surface area contributed by atoms with E-state index in [1.165, 1.54) is 19.3 Å². The number of nitrogens with one attached hydrogen (secondary N) is 1. The van der Waals surface area contributed by atoms with Gasteiger partial charge < -0.3 is 10.4 Å². The maximum atomic E-state index is 9.45. The predicted molar refractivity (Wildman–Crippen MR) is 73.2 cm³/mol. The van der Waals surface area contributed by atoms with E-state index in [1.54, 1.807) is 12.1 Å². The Labute approximate surface area is 112 Å². The standard InChI is InChI=1S/C13H17Cl2NO/c1-13(7-3-2-4-8-13)16-9-5-6-10(17)12(15)11(9)14/h5-6,16-17H,2-4,7-8H2,1H3. The number of halogens is 2. The van der Waals surface area contributed by atoms with Gasteiger partial charge in [-0.3, -0.25) is 0 Å². The molecule has 1 saturated carbocycles. The van der Waals surface area contributed by atoms with E-state index >= 15 is 0 Å². The van der Waals surface area contributed by atoms with Crippen LogP contribution in [0.5, 0.6) is 5.75 Å². The number of phenols is 1. The van der Waals surface area contributed by atoms with Gasteiger partial charge in [0.15, 0.2) is 0 Å². The molecule has 1 aromatic rings. The molecule has 1 aromatic carbocycles. The van der Waals surface area contributed by atoms with E-state index in [2.05, 4.69) is 12.2 Å². The first-order valence-electron chi connectivity index (χ1n) is 5.97. The van der Waals surface area contributed by atoms with E-state index in [1.807, 2.05) is 0 Å². The van der Waals surface area contributed by atoms with Gasteiger partial charge >= 0.3 is 0 Å². The number of anilines is 1. The molecule has 0 aromatic heterocycles. The van der Waals surface area contributed by atoms with Gasteiger partial charge in [-0.1, -0.05) is 42.5 Å². The number of aromatic hydroxyl groups is 1. The van der Waals surface area contributed by atoms with Crippen molar-refractivity contribution < 1.29 is 5.11 Å². The minimum atomic E-state index is 0.0241. The predicted octanol–water partition coefficient (Wildman–Crippen LogP) is 4.83. The van der Waals surface area contributed by atoms with Crippen molar-refractivity contribution in [3.8, 4) is 5.75 Å². The molecule has 0 amide bonds. The second kappa shape index (κ2) is 4.95. The second-order valence-corrected chi connectivity index (χ2v) is 5.76. The zero-order valence-corrected chi connectivity index (χ0v) is 11.4. The van der Waals surface area contributed by atoms with Crippen molar-refractivity contribution in [1.82, 2.24) is 0 Å². The van der Waals surface area contributed by atoms with Crippen LogP contribution >= 0.6 is 23.2 Å². The number of hydrogen-bond acceptors (Lipinski definition) is 2. The van der Waals surface area contributed by atoms with Gasteiger partial charge in [0.25, 0.3) is 0 Å². The van der Waals surface area contributed by atoms with Crippen LogP contribution in [0, 0.1) is 0 Å². The van der Waals surface area contributed by atoms with Gasteiger partial charge in [-0.15, -0.1) is 0 Å². The van der Waals surface area contributed by atoms with Gasteiger partial charge in [-0.25, -0.2) is 0 Å². The molecular weight excluding hydrogens is 257 g/mol. The van der Waals surface area contributed by atoms with Gasteiger partial charge in [0.2, 0.25) is 0 Å². The molecular formula is C13H17Cl2NO. The van der Waals surface area contributed by atoms with E-state index in [9.17, 15) is 5.11 Å². The van der Waals surface area contributed by atoms with E-state index in [4.69, 9.17) is 23.2 Å². The molecule has 0 aliphatic heterocycles. The highest BCUT2D eigenvalue weighted by Gasteiger charge is 2.27. The van der Waals surface area contributed by atoms with Crippen molar-refractivity contribution in [2.45, 2.75) is 44.6 Å². The quantitative estimate of drug-likeness (QED) is 0.757. The van der Waals surface area contributed by atoms with Gasteiger partial charge in [-0.05, 0) is 31.9 Å². The van der Waals surface area contributed by atoms with Crippen molar-refractivity contribution >= 4 is 28.9 Å². The zero-order valence-electron chi connectivity index (χ0n) is 9.89. The first-order valence-corrected chi connectivity index (χ1v) is 6.73. The number of phenolic OH excluding ortho intramolecular Hbond substituents is 1. The summed E-state index contributed by atoms with van der Waals surface area (Å²) in [5.41, 5.74) is 0.890. The highest BCUT2D eigenvalue weighted by Crippen LogP contribution is 2.39. The largest absolute Gasteiger partial charge is 0.506 e. The molecule has 1 fully saturated rings. The summed E-state index contributed by atoms with van der Waals surface area (Å²) in [6, 6.07) is 3.35. The second-order valence-electron chi connectivity index (χ2n) is 5.01. The summed E-state index contributed by atoms with van der Waals surface area (Å²) >= 11 is 12.0. The molecule has 1 aliphatic rings. The highest BCUT2D eigenvalue weighted by atomic mass is 35.5. The third kappa shape index (κ3) is 2.80. The fourth-order valence-electron chi connectivity index (χ4n) is 2.42. The summed E-state index contributed by atoms with van der Waals surface area (Å²) in [6.07, 6.45) is 6.07. The average Bonchev–Trinajstić information content (AvgIpc) is 2.31. The van der Waals surface area contributed by atoms with Gasteiger partial charge in [0.1, 0.15) is 10.8 Å². The molecule has 4 heteroatoms. The molecule has 0 bridgehead atoms. The first-order chi connectivity index (χ1) is 8.02.